The third kappa shape index (κ3) is 4.99. The number of carbonyl (C=O) groups is 1. The molecule has 9 nitrogen and oxygen atoms in total. The maximum Gasteiger partial charge on any atom is 0.317 e. The van der Waals surface area contributed by atoms with Crippen molar-refractivity contribution in [3.63, 3.8) is 0 Å². The molecule has 0 saturated carbocycles. The third-order valence-electron chi connectivity index (χ3n) is 5.56. The van der Waals surface area contributed by atoms with Crippen molar-refractivity contribution in [2.24, 2.45) is 5.41 Å². The summed E-state index contributed by atoms with van der Waals surface area (Å²) in [5, 5.41) is 5.90. The molecule has 2 aromatic rings. The van der Waals surface area contributed by atoms with Gasteiger partial charge in [-0.05, 0) is 36.5 Å². The SMILES string of the molecule is CC1(C)CCCN(S(=O)(=O)c2ccc(-c3ccnc(NCCN4CCNC4=O)n3)s2)C1. The van der Waals surface area contributed by atoms with Gasteiger partial charge in [-0.1, -0.05) is 13.8 Å². The molecule has 0 atom stereocenters. The van der Waals surface area contributed by atoms with Gasteiger partial charge in [0.1, 0.15) is 4.21 Å². The second-order valence-corrected chi connectivity index (χ2v) is 11.9. The van der Waals surface area contributed by atoms with Crippen LogP contribution in [0, 0.1) is 5.41 Å². The molecule has 4 heterocycles. The normalized spacial score (nSPS) is 19.4. The Morgan fingerprint density at radius 2 is 2.10 bits per heavy atom. The van der Waals surface area contributed by atoms with Gasteiger partial charge in [-0.15, -0.1) is 11.3 Å². The Balaban J connectivity index is 1.44. The number of hydrogen-bond acceptors (Lipinski definition) is 7. The molecule has 168 valence electrons. The number of sulfonamides is 1. The summed E-state index contributed by atoms with van der Waals surface area (Å²) >= 11 is 1.23. The maximum atomic E-state index is 13.1. The predicted octanol–water partition coefficient (Wildman–Crippen LogP) is 2.45. The number of nitrogens with zero attached hydrogens (tertiary/aromatic N) is 4. The summed E-state index contributed by atoms with van der Waals surface area (Å²) in [6.07, 6.45) is 3.56. The minimum absolute atomic E-state index is 0.00558. The summed E-state index contributed by atoms with van der Waals surface area (Å²) < 4.78 is 28.2. The van der Waals surface area contributed by atoms with Gasteiger partial charge < -0.3 is 15.5 Å². The topological polar surface area (TPSA) is 108 Å². The Morgan fingerprint density at radius 3 is 2.84 bits per heavy atom. The molecule has 0 aromatic carbocycles. The summed E-state index contributed by atoms with van der Waals surface area (Å²) in [7, 11) is -3.51. The lowest BCUT2D eigenvalue weighted by molar-refractivity contribution is 0.187. The van der Waals surface area contributed by atoms with E-state index in [0.717, 1.165) is 17.7 Å². The monoisotopic (exact) mass is 464 g/mol. The largest absolute Gasteiger partial charge is 0.352 e. The molecule has 4 rings (SSSR count). The fourth-order valence-electron chi connectivity index (χ4n) is 3.91. The van der Waals surface area contributed by atoms with E-state index in [1.807, 2.05) is 0 Å². The van der Waals surface area contributed by atoms with Crippen molar-refractivity contribution in [3.05, 3.63) is 24.4 Å². The minimum Gasteiger partial charge on any atom is -0.352 e. The summed E-state index contributed by atoms with van der Waals surface area (Å²) in [4.78, 5) is 22.8. The molecular formula is C20H28N6O3S2. The summed E-state index contributed by atoms with van der Waals surface area (Å²) in [6, 6.07) is 5.18. The first-order valence-electron chi connectivity index (χ1n) is 10.4. The Hall–Kier alpha value is -2.24. The molecule has 2 fully saturated rings. The smallest absolute Gasteiger partial charge is 0.317 e. The van der Waals surface area contributed by atoms with Crippen molar-refractivity contribution in [1.82, 2.24) is 24.5 Å². The number of rotatable bonds is 7. The van der Waals surface area contributed by atoms with Crippen LogP contribution < -0.4 is 10.6 Å². The van der Waals surface area contributed by atoms with Crippen LogP contribution in [0.25, 0.3) is 10.6 Å². The van der Waals surface area contributed by atoms with Crippen LogP contribution in [-0.2, 0) is 10.0 Å². The number of carbonyl (C=O) groups excluding carboxylic acids is 1. The van der Waals surface area contributed by atoms with Crippen LogP contribution in [-0.4, -0.2) is 72.9 Å². The molecule has 0 spiro atoms. The molecule has 0 radical (unpaired) electrons. The Bertz CT molecular complexity index is 1050. The van der Waals surface area contributed by atoms with Crippen molar-refractivity contribution in [2.45, 2.75) is 30.9 Å². The maximum absolute atomic E-state index is 13.1. The molecule has 0 unspecified atom stereocenters. The molecule has 0 aliphatic carbocycles. The molecule has 2 amide bonds. The van der Waals surface area contributed by atoms with Gasteiger partial charge in [0, 0.05) is 45.5 Å². The van der Waals surface area contributed by atoms with Gasteiger partial charge in [0.15, 0.2) is 0 Å². The van der Waals surface area contributed by atoms with E-state index in [4.69, 9.17) is 0 Å². The van der Waals surface area contributed by atoms with Crippen LogP contribution in [0.5, 0.6) is 0 Å². The van der Waals surface area contributed by atoms with Crippen LogP contribution >= 0.6 is 11.3 Å². The highest BCUT2D eigenvalue weighted by molar-refractivity contribution is 7.91. The molecular weight excluding hydrogens is 436 g/mol. The van der Waals surface area contributed by atoms with E-state index in [0.29, 0.717) is 55.1 Å². The van der Waals surface area contributed by atoms with Crippen LogP contribution in [0.3, 0.4) is 0 Å². The number of urea groups is 1. The molecule has 2 aliphatic heterocycles. The fraction of sp³-hybridized carbons (Fsp3) is 0.550. The highest BCUT2D eigenvalue weighted by atomic mass is 32.2. The summed E-state index contributed by atoms with van der Waals surface area (Å²) in [5.41, 5.74) is 0.663. The molecule has 31 heavy (non-hydrogen) atoms. The van der Waals surface area contributed by atoms with Gasteiger partial charge in [-0.2, -0.15) is 4.31 Å². The average molecular weight is 465 g/mol. The second kappa shape index (κ2) is 8.71. The van der Waals surface area contributed by atoms with Crippen LogP contribution in [0.15, 0.2) is 28.6 Å². The molecule has 2 aromatic heterocycles. The lowest BCUT2D eigenvalue weighted by atomic mass is 9.85. The quantitative estimate of drug-likeness (QED) is 0.652. The van der Waals surface area contributed by atoms with E-state index in [-0.39, 0.29) is 11.4 Å². The highest BCUT2D eigenvalue weighted by Gasteiger charge is 2.35. The minimum atomic E-state index is -3.51. The molecule has 2 saturated heterocycles. The van der Waals surface area contributed by atoms with Crippen molar-refractivity contribution >= 4 is 33.3 Å². The van der Waals surface area contributed by atoms with Crippen molar-refractivity contribution in [1.29, 1.82) is 0 Å². The Kier molecular flexibility index (Phi) is 6.18. The van der Waals surface area contributed by atoms with Crippen LogP contribution in [0.2, 0.25) is 0 Å². The lowest BCUT2D eigenvalue weighted by Crippen LogP contribution is -2.43. The van der Waals surface area contributed by atoms with Gasteiger partial charge >= 0.3 is 6.03 Å². The number of aromatic nitrogens is 2. The lowest BCUT2D eigenvalue weighted by Gasteiger charge is -2.36. The molecule has 0 bridgehead atoms. The van der Waals surface area contributed by atoms with Gasteiger partial charge in [0.25, 0.3) is 10.0 Å². The zero-order valence-corrected chi connectivity index (χ0v) is 19.4. The third-order valence-corrected chi connectivity index (χ3v) is 8.98. The van der Waals surface area contributed by atoms with Gasteiger partial charge in [0.2, 0.25) is 5.95 Å². The van der Waals surface area contributed by atoms with E-state index in [1.165, 1.54) is 11.3 Å². The predicted molar refractivity (Wildman–Crippen MR) is 121 cm³/mol. The summed E-state index contributed by atoms with van der Waals surface area (Å²) in [6.45, 7) is 7.79. The number of anilines is 1. The number of nitrogens with one attached hydrogen (secondary N) is 2. The molecule has 11 heteroatoms. The number of thiophene rings is 1. The number of amides is 2. The van der Waals surface area contributed by atoms with E-state index in [9.17, 15) is 13.2 Å². The average Bonchev–Trinajstić information content (AvgIpc) is 3.38. The summed E-state index contributed by atoms with van der Waals surface area (Å²) in [5.74, 6) is 0.452. The molecule has 2 N–H and O–H groups in total. The first-order valence-corrected chi connectivity index (χ1v) is 12.7. The zero-order valence-electron chi connectivity index (χ0n) is 17.8. The number of piperidine rings is 1. The van der Waals surface area contributed by atoms with Crippen molar-refractivity contribution in [2.75, 3.05) is 44.6 Å². The highest BCUT2D eigenvalue weighted by Crippen LogP contribution is 2.35. The van der Waals surface area contributed by atoms with Crippen molar-refractivity contribution in [3.8, 4) is 10.6 Å². The zero-order chi connectivity index (χ0) is 22.1. The van der Waals surface area contributed by atoms with E-state index in [2.05, 4.69) is 34.4 Å². The number of hydrogen-bond donors (Lipinski definition) is 2. The Labute approximate surface area is 186 Å². The van der Waals surface area contributed by atoms with Crippen LogP contribution in [0.4, 0.5) is 10.7 Å². The first-order chi connectivity index (χ1) is 14.7. The standard InChI is InChI=1S/C20H28N6O3S2/c1-20(2)7-3-11-26(14-20)31(28,29)17-5-4-16(30-17)15-6-8-21-18(24-15)22-9-12-25-13-10-23-19(25)27/h4-6,8H,3,7,9-14H2,1-2H3,(H,23,27)(H,21,22,24). The van der Waals surface area contributed by atoms with Gasteiger partial charge in [-0.3, -0.25) is 0 Å². The molecule has 2 aliphatic rings. The fourth-order valence-corrected chi connectivity index (χ4v) is 7.00. The van der Waals surface area contributed by atoms with Crippen molar-refractivity contribution < 1.29 is 13.2 Å². The van der Waals surface area contributed by atoms with E-state index >= 15 is 0 Å². The van der Waals surface area contributed by atoms with E-state index in [1.54, 1.807) is 33.6 Å². The van der Waals surface area contributed by atoms with E-state index < -0.39 is 10.0 Å². The van der Waals surface area contributed by atoms with Gasteiger partial charge in [-0.25, -0.2) is 23.2 Å². The van der Waals surface area contributed by atoms with Gasteiger partial charge in [0.05, 0.1) is 10.6 Å². The Morgan fingerprint density at radius 1 is 1.26 bits per heavy atom. The second-order valence-electron chi connectivity index (χ2n) is 8.64. The first kappa shape index (κ1) is 22.0. The van der Waals surface area contributed by atoms with Crippen LogP contribution in [0.1, 0.15) is 26.7 Å².